The third kappa shape index (κ3) is 6.45. The summed E-state index contributed by atoms with van der Waals surface area (Å²) in [6.07, 6.45) is -0.604. The Morgan fingerprint density at radius 1 is 0.978 bits per heavy atom. The number of carbonyl (C=O) groups excluding carboxylic acids is 1. The van der Waals surface area contributed by atoms with Gasteiger partial charge in [0.15, 0.2) is 5.06 Å². The topological polar surface area (TPSA) is 88.6 Å². The van der Waals surface area contributed by atoms with Crippen LogP contribution in [0.15, 0.2) is 89.1 Å². The maximum Gasteiger partial charge on any atom is 0.420 e. The van der Waals surface area contributed by atoms with Crippen molar-refractivity contribution in [2.45, 2.75) is 4.90 Å². The molecule has 2 aliphatic heterocycles. The highest BCUT2D eigenvalue weighted by atomic mass is 35.5. The fraction of sp³-hybridized carbons (Fsp3) is 0.303. The number of nitrogens with zero attached hydrogens (tertiary/aromatic N) is 3. The van der Waals surface area contributed by atoms with E-state index in [1.165, 1.54) is 32.7 Å². The highest BCUT2D eigenvalue weighted by Gasteiger charge is 2.58. The highest BCUT2D eigenvalue weighted by Crippen LogP contribution is 2.53. The van der Waals surface area contributed by atoms with Gasteiger partial charge in [-0.25, -0.2) is 17.6 Å². The van der Waals surface area contributed by atoms with Gasteiger partial charge in [-0.3, -0.25) is 4.90 Å². The summed E-state index contributed by atoms with van der Waals surface area (Å²) >= 11 is 7.25. The molecule has 0 spiro atoms. The predicted molar refractivity (Wildman–Crippen MR) is 174 cm³/mol. The number of halogens is 2. The standard InChI is InChI=1S/C33H31ClFN3O6S2/c34-22-6-9-24(10-7-22)43-25-3-1-4-26(18-25)46(40,41)37-19-27-28(20-37)29(27)21-38(33(39)44-32-5-2-16-45-32)23-8-11-31(30(35)17-23)36-12-14-42-15-13-36/h1-11,16-18,27-29H,12-15,19-21H2. The van der Waals surface area contributed by atoms with Crippen LogP contribution in [0, 0.1) is 23.6 Å². The summed E-state index contributed by atoms with van der Waals surface area (Å²) in [5.41, 5.74) is 0.855. The highest BCUT2D eigenvalue weighted by molar-refractivity contribution is 7.89. The molecular weight excluding hydrogens is 653 g/mol. The van der Waals surface area contributed by atoms with Crippen LogP contribution in [-0.2, 0) is 14.8 Å². The van der Waals surface area contributed by atoms with Crippen molar-refractivity contribution in [2.24, 2.45) is 17.8 Å². The van der Waals surface area contributed by atoms with Gasteiger partial charge in [-0.05, 0) is 89.9 Å². The van der Waals surface area contributed by atoms with Crippen LogP contribution in [-0.4, -0.2) is 64.8 Å². The summed E-state index contributed by atoms with van der Waals surface area (Å²) in [5, 5.41) is 2.82. The van der Waals surface area contributed by atoms with Gasteiger partial charge in [-0.2, -0.15) is 4.31 Å². The maximum absolute atomic E-state index is 15.4. The summed E-state index contributed by atoms with van der Waals surface area (Å²) in [5.74, 6) is 0.697. The molecular formula is C33H31ClFN3O6S2. The quantitative estimate of drug-likeness (QED) is 0.193. The molecule has 7 rings (SSSR count). The van der Waals surface area contributed by atoms with Gasteiger partial charge in [0.2, 0.25) is 10.0 Å². The lowest BCUT2D eigenvalue weighted by Gasteiger charge is -2.30. The van der Waals surface area contributed by atoms with E-state index >= 15 is 4.39 Å². The first-order valence-corrected chi connectivity index (χ1v) is 17.6. The van der Waals surface area contributed by atoms with Gasteiger partial charge < -0.3 is 19.1 Å². The van der Waals surface area contributed by atoms with Crippen LogP contribution in [0.5, 0.6) is 16.6 Å². The molecule has 1 aliphatic carbocycles. The Labute approximate surface area is 275 Å². The van der Waals surface area contributed by atoms with E-state index in [4.69, 9.17) is 25.8 Å². The Kier molecular flexibility index (Phi) is 8.64. The van der Waals surface area contributed by atoms with Crippen LogP contribution in [0.4, 0.5) is 20.6 Å². The Hall–Kier alpha value is -3.68. The van der Waals surface area contributed by atoms with Crippen LogP contribution >= 0.6 is 22.9 Å². The summed E-state index contributed by atoms with van der Waals surface area (Å²) < 4.78 is 61.0. The van der Waals surface area contributed by atoms with Gasteiger partial charge in [0.05, 0.1) is 29.5 Å². The number of ether oxygens (including phenoxy) is 3. The second-order valence-electron chi connectivity index (χ2n) is 11.5. The summed E-state index contributed by atoms with van der Waals surface area (Å²) in [6.45, 7) is 3.18. The summed E-state index contributed by atoms with van der Waals surface area (Å²) in [7, 11) is -3.77. The molecule has 3 aliphatic rings. The number of anilines is 2. The Morgan fingerprint density at radius 2 is 1.74 bits per heavy atom. The lowest BCUT2D eigenvalue weighted by Crippen LogP contribution is -2.38. The minimum Gasteiger partial charge on any atom is -0.457 e. The van der Waals surface area contributed by atoms with Gasteiger partial charge in [0.1, 0.15) is 17.3 Å². The number of carbonyl (C=O) groups is 1. The van der Waals surface area contributed by atoms with E-state index in [0.717, 1.165) is 0 Å². The molecule has 46 heavy (non-hydrogen) atoms. The third-order valence-corrected chi connectivity index (χ3v) is 11.5. The number of piperidine rings is 1. The second-order valence-corrected chi connectivity index (χ2v) is 14.8. The fourth-order valence-corrected chi connectivity index (χ4v) is 8.49. The molecule has 0 N–H and O–H groups in total. The number of hydrogen-bond donors (Lipinski definition) is 0. The first kappa shape index (κ1) is 30.9. The molecule has 3 heterocycles. The molecule has 3 aromatic carbocycles. The average molecular weight is 684 g/mol. The number of benzene rings is 3. The molecule has 4 aromatic rings. The number of amides is 1. The van der Waals surface area contributed by atoms with Crippen molar-refractivity contribution in [3.63, 3.8) is 0 Å². The van der Waals surface area contributed by atoms with Gasteiger partial charge in [0.25, 0.3) is 0 Å². The molecule has 240 valence electrons. The number of hydrogen-bond acceptors (Lipinski definition) is 8. The summed E-state index contributed by atoms with van der Waals surface area (Å²) in [4.78, 5) is 17.0. The Bertz CT molecular complexity index is 1810. The van der Waals surface area contributed by atoms with Crippen LogP contribution in [0.2, 0.25) is 5.02 Å². The first-order valence-electron chi connectivity index (χ1n) is 14.9. The van der Waals surface area contributed by atoms with Crippen molar-refractivity contribution in [2.75, 3.05) is 55.7 Å². The Morgan fingerprint density at radius 3 is 2.43 bits per heavy atom. The number of thiophene rings is 1. The zero-order valence-electron chi connectivity index (χ0n) is 24.6. The fourth-order valence-electron chi connectivity index (χ4n) is 6.25. The number of rotatable bonds is 9. The van der Waals surface area contributed by atoms with E-state index in [9.17, 15) is 13.2 Å². The van der Waals surface area contributed by atoms with Gasteiger partial charge >= 0.3 is 6.09 Å². The van der Waals surface area contributed by atoms with Crippen molar-refractivity contribution in [1.82, 2.24) is 4.31 Å². The third-order valence-electron chi connectivity index (χ3n) is 8.72. The monoisotopic (exact) mass is 683 g/mol. The molecule has 1 saturated carbocycles. The smallest absolute Gasteiger partial charge is 0.420 e. The van der Waals surface area contributed by atoms with Crippen molar-refractivity contribution in [3.05, 3.63) is 95.1 Å². The van der Waals surface area contributed by atoms with Crippen molar-refractivity contribution in [3.8, 4) is 16.6 Å². The lowest BCUT2D eigenvalue weighted by atomic mass is 10.2. The van der Waals surface area contributed by atoms with E-state index in [1.54, 1.807) is 66.7 Å². The zero-order valence-corrected chi connectivity index (χ0v) is 27.0. The van der Waals surface area contributed by atoms with E-state index < -0.39 is 21.9 Å². The summed E-state index contributed by atoms with van der Waals surface area (Å²) in [6, 6.07) is 21.5. The van der Waals surface area contributed by atoms with Crippen LogP contribution in [0.1, 0.15) is 0 Å². The first-order chi connectivity index (χ1) is 22.3. The normalized spacial score (nSPS) is 21.1. The molecule has 0 radical (unpaired) electrons. The second kappa shape index (κ2) is 12.8. The SMILES string of the molecule is O=C(Oc1cccs1)N(CC1C2CN(S(=O)(=O)c3cccc(Oc4ccc(Cl)cc4)c3)CC12)c1ccc(N2CCOCC2)c(F)c1. The van der Waals surface area contributed by atoms with E-state index in [2.05, 4.69) is 0 Å². The zero-order chi connectivity index (χ0) is 31.8. The molecule has 2 unspecified atom stereocenters. The molecule has 0 bridgehead atoms. The van der Waals surface area contributed by atoms with Gasteiger partial charge in [-0.1, -0.05) is 17.7 Å². The predicted octanol–water partition coefficient (Wildman–Crippen LogP) is 6.74. The Balaban J connectivity index is 1.04. The number of fused-ring (bicyclic) bond motifs is 1. The van der Waals surface area contributed by atoms with Crippen molar-refractivity contribution >= 4 is 50.4 Å². The van der Waals surface area contributed by atoms with Gasteiger partial charge in [0, 0.05) is 43.8 Å². The van der Waals surface area contributed by atoms with Gasteiger partial charge in [-0.15, -0.1) is 11.3 Å². The number of sulfonamides is 1. The van der Waals surface area contributed by atoms with Crippen LogP contribution < -0.4 is 19.3 Å². The van der Waals surface area contributed by atoms with Crippen LogP contribution in [0.25, 0.3) is 0 Å². The van der Waals surface area contributed by atoms with Crippen molar-refractivity contribution < 1.29 is 31.8 Å². The maximum atomic E-state index is 15.4. The molecule has 1 aromatic heterocycles. The molecule has 1 amide bonds. The molecule has 13 heteroatoms. The minimum atomic E-state index is -3.77. The largest absolute Gasteiger partial charge is 0.457 e. The minimum absolute atomic E-state index is 0.0453. The van der Waals surface area contributed by atoms with Crippen LogP contribution in [0.3, 0.4) is 0 Å². The molecule has 9 nitrogen and oxygen atoms in total. The van der Waals surface area contributed by atoms with Crippen molar-refractivity contribution in [1.29, 1.82) is 0 Å². The average Bonchev–Trinajstić information content (AvgIpc) is 3.39. The molecule has 2 saturated heterocycles. The van der Waals surface area contributed by atoms with E-state index in [-0.39, 0.29) is 29.2 Å². The van der Waals surface area contributed by atoms with E-state index in [1.807, 2.05) is 10.3 Å². The lowest BCUT2D eigenvalue weighted by molar-refractivity contribution is 0.122. The molecule has 3 fully saturated rings. The van der Waals surface area contributed by atoms with E-state index in [0.29, 0.717) is 72.4 Å². The number of morpholine rings is 1. The molecule has 2 atom stereocenters.